The van der Waals surface area contributed by atoms with Crippen LogP contribution in [0.25, 0.3) is 43.6 Å². The van der Waals surface area contributed by atoms with Crippen LogP contribution < -0.4 is 0 Å². The lowest BCUT2D eigenvalue weighted by Crippen LogP contribution is -1.99. The van der Waals surface area contributed by atoms with E-state index in [0.29, 0.717) is 0 Å². The Morgan fingerprint density at radius 1 is 0.370 bits per heavy atom. The molecule has 5 aromatic rings. The second kappa shape index (κ2) is 18.7. The third kappa shape index (κ3) is 9.22. The van der Waals surface area contributed by atoms with Crippen LogP contribution in [0.15, 0.2) is 57.5 Å². The van der Waals surface area contributed by atoms with E-state index in [4.69, 9.17) is 0 Å². The SMILES string of the molecule is CCCCCCCCCCCCn1c2cc(Br)ccc2c2cc3c(cc21)c1ccc(Br)cc1n3CCCCCCCCCCCC. The first-order valence-corrected chi connectivity index (χ1v) is 20.5. The van der Waals surface area contributed by atoms with Crippen molar-refractivity contribution < 1.29 is 0 Å². The van der Waals surface area contributed by atoms with Gasteiger partial charge in [-0.05, 0) is 49.2 Å². The first-order valence-electron chi connectivity index (χ1n) is 18.9. The summed E-state index contributed by atoms with van der Waals surface area (Å²) in [7, 11) is 0. The number of aryl methyl sites for hydroxylation is 2. The number of hydrogen-bond donors (Lipinski definition) is 0. The second-order valence-corrected chi connectivity index (χ2v) is 15.7. The van der Waals surface area contributed by atoms with Crippen molar-refractivity contribution in [2.45, 2.75) is 155 Å². The molecule has 5 rings (SSSR count). The number of unbranched alkanes of at least 4 members (excludes halogenated alkanes) is 18. The fraction of sp³-hybridized carbons (Fsp3) is 0.571. The molecule has 0 unspecified atom stereocenters. The predicted molar refractivity (Wildman–Crippen MR) is 212 cm³/mol. The molecule has 250 valence electrons. The fourth-order valence-corrected chi connectivity index (χ4v) is 8.32. The van der Waals surface area contributed by atoms with Crippen molar-refractivity contribution in [1.29, 1.82) is 0 Å². The zero-order chi connectivity index (χ0) is 32.1. The Labute approximate surface area is 295 Å². The maximum absolute atomic E-state index is 3.79. The van der Waals surface area contributed by atoms with Crippen molar-refractivity contribution in [1.82, 2.24) is 9.13 Å². The summed E-state index contributed by atoms with van der Waals surface area (Å²) in [4.78, 5) is 0. The molecule has 46 heavy (non-hydrogen) atoms. The Bertz CT molecular complexity index is 1540. The first kappa shape index (κ1) is 35.5. The molecule has 0 aliphatic heterocycles. The number of hydrogen-bond acceptors (Lipinski definition) is 0. The molecule has 0 fully saturated rings. The van der Waals surface area contributed by atoms with Crippen LogP contribution in [-0.2, 0) is 13.1 Å². The van der Waals surface area contributed by atoms with Gasteiger partial charge in [-0.2, -0.15) is 0 Å². The van der Waals surface area contributed by atoms with E-state index in [1.165, 1.54) is 172 Å². The van der Waals surface area contributed by atoms with Crippen LogP contribution in [0.5, 0.6) is 0 Å². The standard InChI is InChI=1S/C42H58Br2N2/c1-3-5-7-9-11-13-15-17-19-21-27-45-39-29-33(43)23-25-35(39)37-32-42-38(31-41(37)45)36-26-24-34(44)30-40(36)46(42)28-22-20-18-16-14-12-10-8-6-4-2/h23-26,29-32H,3-22,27-28H2,1-2H3. The van der Waals surface area contributed by atoms with Crippen LogP contribution in [0.3, 0.4) is 0 Å². The summed E-state index contributed by atoms with van der Waals surface area (Å²) in [6.45, 7) is 6.77. The molecule has 2 heterocycles. The van der Waals surface area contributed by atoms with Gasteiger partial charge in [0.1, 0.15) is 0 Å². The summed E-state index contributed by atoms with van der Waals surface area (Å²) in [6.07, 6.45) is 27.4. The van der Waals surface area contributed by atoms with E-state index >= 15 is 0 Å². The van der Waals surface area contributed by atoms with E-state index in [-0.39, 0.29) is 0 Å². The van der Waals surface area contributed by atoms with Gasteiger partial charge >= 0.3 is 0 Å². The van der Waals surface area contributed by atoms with Gasteiger partial charge in [-0.15, -0.1) is 0 Å². The van der Waals surface area contributed by atoms with Crippen LogP contribution in [0.2, 0.25) is 0 Å². The summed E-state index contributed by atoms with van der Waals surface area (Å²) in [5, 5.41) is 5.55. The predicted octanol–water partition coefficient (Wildman–Crippen LogP) is 15.3. The number of nitrogens with zero attached hydrogens (tertiary/aromatic N) is 2. The minimum atomic E-state index is 1.08. The maximum atomic E-state index is 3.79. The number of rotatable bonds is 22. The zero-order valence-corrected chi connectivity index (χ0v) is 32.0. The van der Waals surface area contributed by atoms with Crippen molar-refractivity contribution in [3.05, 3.63) is 57.5 Å². The average molecular weight is 751 g/mol. The molecule has 0 aliphatic rings. The molecule has 4 heteroatoms. The van der Waals surface area contributed by atoms with Crippen LogP contribution in [0.1, 0.15) is 142 Å². The lowest BCUT2D eigenvalue weighted by atomic mass is 10.1. The normalized spacial score (nSPS) is 12.1. The van der Waals surface area contributed by atoms with Crippen LogP contribution in [-0.4, -0.2) is 9.13 Å². The third-order valence-electron chi connectivity index (χ3n) is 10.2. The number of fused-ring (bicyclic) bond motifs is 6. The minimum Gasteiger partial charge on any atom is -0.340 e. The molecule has 0 N–H and O–H groups in total. The summed E-state index contributed by atoms with van der Waals surface area (Å²) in [5.74, 6) is 0. The average Bonchev–Trinajstić information content (AvgIpc) is 3.51. The van der Waals surface area contributed by atoms with Crippen molar-refractivity contribution >= 4 is 75.5 Å². The van der Waals surface area contributed by atoms with Gasteiger partial charge in [0.15, 0.2) is 0 Å². The van der Waals surface area contributed by atoms with Gasteiger partial charge in [0, 0.05) is 54.6 Å². The van der Waals surface area contributed by atoms with Gasteiger partial charge in [0.25, 0.3) is 0 Å². The zero-order valence-electron chi connectivity index (χ0n) is 28.8. The van der Waals surface area contributed by atoms with Gasteiger partial charge in [0.2, 0.25) is 0 Å². The van der Waals surface area contributed by atoms with Crippen molar-refractivity contribution in [2.75, 3.05) is 0 Å². The van der Waals surface area contributed by atoms with E-state index in [1.54, 1.807) is 0 Å². The third-order valence-corrected chi connectivity index (χ3v) is 11.2. The topological polar surface area (TPSA) is 9.86 Å². The summed E-state index contributed by atoms with van der Waals surface area (Å²) in [5.41, 5.74) is 5.50. The smallest absolute Gasteiger partial charge is 0.0502 e. The monoisotopic (exact) mass is 748 g/mol. The highest BCUT2D eigenvalue weighted by atomic mass is 79.9. The Morgan fingerprint density at radius 3 is 1.02 bits per heavy atom. The summed E-state index contributed by atoms with van der Waals surface area (Å²) in [6, 6.07) is 18.8. The van der Waals surface area contributed by atoms with Crippen LogP contribution in [0, 0.1) is 0 Å². The minimum absolute atomic E-state index is 1.08. The fourth-order valence-electron chi connectivity index (χ4n) is 7.62. The van der Waals surface area contributed by atoms with Gasteiger partial charge in [-0.25, -0.2) is 0 Å². The number of halogens is 2. The Morgan fingerprint density at radius 2 is 0.674 bits per heavy atom. The highest BCUT2D eigenvalue weighted by Gasteiger charge is 2.17. The second-order valence-electron chi connectivity index (χ2n) is 13.9. The first-order chi connectivity index (χ1) is 22.6. The molecular weight excluding hydrogens is 692 g/mol. The molecule has 0 amide bonds. The van der Waals surface area contributed by atoms with E-state index in [2.05, 4.69) is 103 Å². The van der Waals surface area contributed by atoms with Crippen LogP contribution >= 0.6 is 31.9 Å². The molecule has 0 atom stereocenters. The largest absolute Gasteiger partial charge is 0.340 e. The molecule has 0 aliphatic carbocycles. The summed E-state index contributed by atoms with van der Waals surface area (Å²) >= 11 is 7.57. The van der Waals surface area contributed by atoms with E-state index in [9.17, 15) is 0 Å². The molecule has 2 nitrogen and oxygen atoms in total. The Balaban J connectivity index is 1.32. The lowest BCUT2D eigenvalue weighted by molar-refractivity contribution is 0.541. The molecule has 0 spiro atoms. The van der Waals surface area contributed by atoms with E-state index in [1.807, 2.05) is 0 Å². The van der Waals surface area contributed by atoms with E-state index < -0.39 is 0 Å². The van der Waals surface area contributed by atoms with Crippen molar-refractivity contribution in [3.63, 3.8) is 0 Å². The number of benzene rings is 3. The van der Waals surface area contributed by atoms with Gasteiger partial charge in [0.05, 0.1) is 11.0 Å². The Kier molecular flexibility index (Phi) is 14.4. The quantitative estimate of drug-likeness (QED) is 0.0624. The van der Waals surface area contributed by atoms with Gasteiger partial charge in [-0.3, -0.25) is 0 Å². The molecule has 2 aromatic heterocycles. The molecule has 0 radical (unpaired) electrons. The van der Waals surface area contributed by atoms with Crippen LogP contribution in [0.4, 0.5) is 0 Å². The highest BCUT2D eigenvalue weighted by Crippen LogP contribution is 2.39. The summed E-state index contributed by atoms with van der Waals surface area (Å²) < 4.78 is 7.56. The number of aromatic nitrogens is 2. The van der Waals surface area contributed by atoms with Gasteiger partial charge < -0.3 is 9.13 Å². The molecule has 0 saturated carbocycles. The van der Waals surface area contributed by atoms with Crippen molar-refractivity contribution in [2.24, 2.45) is 0 Å². The maximum Gasteiger partial charge on any atom is 0.0502 e. The Hall–Kier alpha value is -1.78. The molecular formula is C42H58Br2N2. The molecule has 0 saturated heterocycles. The van der Waals surface area contributed by atoms with Crippen molar-refractivity contribution in [3.8, 4) is 0 Å². The molecule has 0 bridgehead atoms. The molecule has 3 aromatic carbocycles. The lowest BCUT2D eigenvalue weighted by Gasteiger charge is -2.09. The van der Waals surface area contributed by atoms with Gasteiger partial charge in [-0.1, -0.05) is 173 Å². The highest BCUT2D eigenvalue weighted by molar-refractivity contribution is 9.10. The van der Waals surface area contributed by atoms with E-state index in [0.717, 1.165) is 22.0 Å².